The number of rotatable bonds is 6. The summed E-state index contributed by atoms with van der Waals surface area (Å²) in [7, 11) is 0. The number of halogens is 1. The number of esters is 2. The number of hydrogen-bond acceptors (Lipinski definition) is 7. The van der Waals surface area contributed by atoms with Gasteiger partial charge in [-0.05, 0) is 48.4 Å². The van der Waals surface area contributed by atoms with Crippen LogP contribution in [0.3, 0.4) is 0 Å². The fourth-order valence-electron chi connectivity index (χ4n) is 3.74. The summed E-state index contributed by atoms with van der Waals surface area (Å²) in [5.41, 5.74) is 1.80. The van der Waals surface area contributed by atoms with E-state index < -0.39 is 18.0 Å². The second-order valence-electron chi connectivity index (χ2n) is 7.69. The van der Waals surface area contributed by atoms with Gasteiger partial charge in [-0.3, -0.25) is 14.2 Å². The van der Waals surface area contributed by atoms with Crippen LogP contribution in [0.1, 0.15) is 31.0 Å². The van der Waals surface area contributed by atoms with Crippen molar-refractivity contribution in [3.63, 3.8) is 0 Å². The van der Waals surface area contributed by atoms with Crippen molar-refractivity contribution < 1.29 is 19.1 Å². The molecule has 1 aliphatic rings. The molecule has 0 spiro atoms. The largest absolute Gasteiger partial charge is 0.458 e. The van der Waals surface area contributed by atoms with E-state index in [0.29, 0.717) is 31.4 Å². The highest BCUT2D eigenvalue weighted by Crippen LogP contribution is 2.31. The zero-order chi connectivity index (χ0) is 25.1. The summed E-state index contributed by atoms with van der Waals surface area (Å²) in [6.07, 6.45) is 3.21. The number of thiazole rings is 1. The minimum Gasteiger partial charge on any atom is -0.458 e. The van der Waals surface area contributed by atoms with Crippen molar-refractivity contribution in [1.29, 1.82) is 0 Å². The van der Waals surface area contributed by atoms with Crippen molar-refractivity contribution in [3.8, 4) is 5.75 Å². The lowest BCUT2D eigenvalue weighted by molar-refractivity contribution is -0.138. The van der Waals surface area contributed by atoms with Crippen LogP contribution in [0.4, 0.5) is 0 Å². The molecule has 0 unspecified atom stereocenters. The van der Waals surface area contributed by atoms with E-state index >= 15 is 0 Å². The van der Waals surface area contributed by atoms with Gasteiger partial charge < -0.3 is 9.47 Å². The smallest absolute Gasteiger partial charge is 0.338 e. The van der Waals surface area contributed by atoms with E-state index in [1.165, 1.54) is 28.9 Å². The Bertz CT molecular complexity index is 1530. The number of ether oxygens (including phenoxy) is 2. The highest BCUT2D eigenvalue weighted by atomic mass is 35.5. The molecule has 4 rings (SSSR count). The maximum Gasteiger partial charge on any atom is 0.338 e. The van der Waals surface area contributed by atoms with E-state index in [9.17, 15) is 14.4 Å². The van der Waals surface area contributed by atoms with E-state index in [1.54, 1.807) is 55.5 Å². The Hall–Kier alpha value is -3.75. The molecule has 0 bridgehead atoms. The molecule has 0 amide bonds. The number of aromatic nitrogens is 1. The van der Waals surface area contributed by atoms with Crippen LogP contribution in [0.25, 0.3) is 6.08 Å². The molecule has 0 aliphatic carbocycles. The molecule has 1 atom stereocenters. The summed E-state index contributed by atoms with van der Waals surface area (Å²) in [4.78, 5) is 42.9. The summed E-state index contributed by atoms with van der Waals surface area (Å²) in [6.45, 7) is 6.62. The number of carbonyl (C=O) groups excluding carboxylic acids is 2. The van der Waals surface area contributed by atoms with E-state index in [0.717, 1.165) is 5.56 Å². The maximum atomic E-state index is 13.6. The minimum atomic E-state index is -0.781. The first-order valence-electron chi connectivity index (χ1n) is 10.6. The third kappa shape index (κ3) is 5.18. The highest BCUT2D eigenvalue weighted by molar-refractivity contribution is 7.07. The van der Waals surface area contributed by atoms with Crippen LogP contribution in [0.5, 0.6) is 5.75 Å². The maximum absolute atomic E-state index is 13.6. The van der Waals surface area contributed by atoms with Gasteiger partial charge in [0.05, 0.1) is 21.8 Å². The van der Waals surface area contributed by atoms with Gasteiger partial charge >= 0.3 is 11.9 Å². The number of benzene rings is 2. The molecule has 7 nitrogen and oxygen atoms in total. The molecule has 2 heterocycles. The molecule has 3 aromatic rings. The van der Waals surface area contributed by atoms with Gasteiger partial charge in [-0.1, -0.05) is 59.9 Å². The van der Waals surface area contributed by atoms with Crippen molar-refractivity contribution in [1.82, 2.24) is 4.57 Å². The normalized spacial score (nSPS) is 15.3. The van der Waals surface area contributed by atoms with Gasteiger partial charge in [-0.25, -0.2) is 9.79 Å². The summed E-state index contributed by atoms with van der Waals surface area (Å²) in [5.74, 6) is -0.688. The monoisotopic (exact) mass is 508 g/mol. The SMILES string of the molecule is C=CCOC(=O)C1=C(C)N=c2s/c(=C\c3cccc(Cl)c3)c(=O)n2[C@H]1c1ccc(OC(C)=O)cc1. The molecule has 2 aromatic carbocycles. The van der Waals surface area contributed by atoms with Gasteiger partial charge in [0.25, 0.3) is 5.56 Å². The van der Waals surface area contributed by atoms with Crippen molar-refractivity contribution in [2.75, 3.05) is 6.61 Å². The standard InChI is InChI=1S/C26H21ClN2O5S/c1-4-12-33-25(32)22-15(2)28-26-29(23(22)18-8-10-20(11-9-18)34-16(3)30)24(31)21(35-26)14-17-6-5-7-19(27)13-17/h4-11,13-14,23H,1,12H2,2-3H3/b21-14-/t23-/m0/s1. The first-order chi connectivity index (χ1) is 16.8. The van der Waals surface area contributed by atoms with Crippen LogP contribution in [-0.2, 0) is 14.3 Å². The second kappa shape index (κ2) is 10.2. The van der Waals surface area contributed by atoms with Gasteiger partial charge in [0.2, 0.25) is 0 Å². The first-order valence-corrected chi connectivity index (χ1v) is 11.8. The molecule has 1 aromatic heterocycles. The highest BCUT2D eigenvalue weighted by Gasteiger charge is 2.33. The fraction of sp³-hybridized carbons (Fsp3) is 0.154. The molecule has 178 valence electrons. The number of nitrogens with zero attached hydrogens (tertiary/aromatic N) is 2. The van der Waals surface area contributed by atoms with E-state index in [2.05, 4.69) is 11.6 Å². The third-order valence-electron chi connectivity index (χ3n) is 5.18. The average molecular weight is 509 g/mol. The van der Waals surface area contributed by atoms with Gasteiger partial charge in [0.15, 0.2) is 4.80 Å². The van der Waals surface area contributed by atoms with Crippen molar-refractivity contribution in [2.45, 2.75) is 19.9 Å². The molecule has 9 heteroatoms. The third-order valence-corrected chi connectivity index (χ3v) is 6.40. The van der Waals surface area contributed by atoms with E-state index in [-0.39, 0.29) is 17.7 Å². The number of allylic oxidation sites excluding steroid dienone is 1. The van der Waals surface area contributed by atoms with Crippen LogP contribution >= 0.6 is 22.9 Å². The van der Waals surface area contributed by atoms with Crippen LogP contribution in [-0.4, -0.2) is 23.1 Å². The molecule has 1 aliphatic heterocycles. The Morgan fingerprint density at radius 2 is 1.97 bits per heavy atom. The number of hydrogen-bond donors (Lipinski definition) is 0. The summed E-state index contributed by atoms with van der Waals surface area (Å²) in [5, 5.41) is 0.556. The predicted molar refractivity (Wildman–Crippen MR) is 134 cm³/mol. The minimum absolute atomic E-state index is 0.0207. The topological polar surface area (TPSA) is 87.0 Å². The van der Waals surface area contributed by atoms with Crippen molar-refractivity contribution in [2.24, 2.45) is 4.99 Å². The lowest BCUT2D eigenvalue weighted by Gasteiger charge is -2.24. The van der Waals surface area contributed by atoms with Gasteiger partial charge in [-0.2, -0.15) is 0 Å². The Labute approximate surface area is 209 Å². The Kier molecular flexibility index (Phi) is 7.14. The van der Waals surface area contributed by atoms with Crippen LogP contribution < -0.4 is 19.6 Å². The molecular formula is C26H21ClN2O5S. The van der Waals surface area contributed by atoms with Gasteiger partial charge in [-0.15, -0.1) is 0 Å². The lowest BCUT2D eigenvalue weighted by Crippen LogP contribution is -2.39. The zero-order valence-electron chi connectivity index (χ0n) is 19.0. The summed E-state index contributed by atoms with van der Waals surface area (Å²) in [6, 6.07) is 13.0. The van der Waals surface area contributed by atoms with Gasteiger partial charge in [0.1, 0.15) is 12.4 Å². The second-order valence-corrected chi connectivity index (χ2v) is 9.13. The molecular weight excluding hydrogens is 488 g/mol. The van der Waals surface area contributed by atoms with Gasteiger partial charge in [0, 0.05) is 11.9 Å². The van der Waals surface area contributed by atoms with Crippen LogP contribution in [0, 0.1) is 0 Å². The molecule has 0 N–H and O–H groups in total. The predicted octanol–water partition coefficient (Wildman–Crippen LogP) is 3.54. The lowest BCUT2D eigenvalue weighted by atomic mass is 9.96. The Morgan fingerprint density at radius 1 is 1.23 bits per heavy atom. The molecule has 0 saturated heterocycles. The number of carbonyl (C=O) groups is 2. The van der Waals surface area contributed by atoms with E-state index in [1.807, 2.05) is 6.07 Å². The summed E-state index contributed by atoms with van der Waals surface area (Å²) >= 11 is 7.32. The summed E-state index contributed by atoms with van der Waals surface area (Å²) < 4.78 is 12.4. The van der Waals surface area contributed by atoms with Crippen LogP contribution in [0.15, 0.2) is 82.2 Å². The number of fused-ring (bicyclic) bond motifs is 1. The zero-order valence-corrected chi connectivity index (χ0v) is 20.6. The molecule has 35 heavy (non-hydrogen) atoms. The quantitative estimate of drug-likeness (QED) is 0.289. The molecule has 0 saturated carbocycles. The fourth-order valence-corrected chi connectivity index (χ4v) is 4.99. The Morgan fingerprint density at radius 3 is 2.63 bits per heavy atom. The van der Waals surface area contributed by atoms with Crippen molar-refractivity contribution in [3.05, 3.63) is 108 Å². The first kappa shape index (κ1) is 24.4. The van der Waals surface area contributed by atoms with Crippen LogP contribution in [0.2, 0.25) is 5.02 Å². The van der Waals surface area contributed by atoms with E-state index in [4.69, 9.17) is 21.1 Å². The average Bonchev–Trinajstić information content (AvgIpc) is 3.11. The molecule has 0 fully saturated rings. The van der Waals surface area contributed by atoms with Crippen molar-refractivity contribution >= 4 is 41.0 Å². The Balaban J connectivity index is 1.90. The molecule has 0 radical (unpaired) electrons.